The van der Waals surface area contributed by atoms with E-state index in [1.807, 2.05) is 6.07 Å². The Labute approximate surface area is 176 Å². The van der Waals surface area contributed by atoms with Crippen molar-refractivity contribution in [2.24, 2.45) is 5.92 Å². The summed E-state index contributed by atoms with van der Waals surface area (Å²) in [6, 6.07) is 10.3. The molecule has 1 unspecified atom stereocenters. The van der Waals surface area contributed by atoms with E-state index >= 15 is 0 Å². The molecule has 1 aromatic heterocycles. The lowest BCUT2D eigenvalue weighted by Gasteiger charge is -2.44. The summed E-state index contributed by atoms with van der Waals surface area (Å²) in [7, 11) is 0. The molecule has 158 valence electrons. The highest BCUT2D eigenvalue weighted by atomic mass is 16.5. The van der Waals surface area contributed by atoms with Crippen molar-refractivity contribution >= 4 is 39.1 Å². The van der Waals surface area contributed by atoms with Gasteiger partial charge in [0.25, 0.3) is 5.52 Å². The van der Waals surface area contributed by atoms with E-state index in [1.165, 1.54) is 4.90 Å². The minimum Gasteiger partial charge on any atom is -0.477 e. The van der Waals surface area contributed by atoms with Gasteiger partial charge in [0.2, 0.25) is 12.1 Å². The van der Waals surface area contributed by atoms with E-state index in [4.69, 9.17) is 0 Å². The number of rotatable bonds is 4. The maximum absolute atomic E-state index is 12.5. The smallest absolute Gasteiger partial charge is 0.352 e. The van der Waals surface area contributed by atoms with Crippen molar-refractivity contribution in [3.8, 4) is 0 Å². The van der Waals surface area contributed by atoms with Crippen molar-refractivity contribution in [2.45, 2.75) is 32.1 Å². The lowest BCUT2D eigenvalue weighted by molar-refractivity contribution is -0.883. The fourth-order valence-electron chi connectivity index (χ4n) is 4.91. The van der Waals surface area contributed by atoms with E-state index in [9.17, 15) is 30.1 Å². The number of aliphatic carboxylic acids is 1. The summed E-state index contributed by atoms with van der Waals surface area (Å²) in [5, 5.41) is 41.8. The normalized spacial score (nSPS) is 21.5. The Morgan fingerprint density at radius 1 is 1.23 bits per heavy atom. The highest BCUT2D eigenvalue weighted by molar-refractivity contribution is 6.09. The van der Waals surface area contributed by atoms with Gasteiger partial charge in [-0.3, -0.25) is 10.0 Å². The molecule has 0 bridgehead atoms. The van der Waals surface area contributed by atoms with Crippen LogP contribution in [0.15, 0.2) is 48.3 Å². The summed E-state index contributed by atoms with van der Waals surface area (Å²) >= 11 is 0. The lowest BCUT2D eigenvalue weighted by Crippen LogP contribution is -2.61. The number of carboxylic acids is 1. The molecule has 2 aliphatic heterocycles. The van der Waals surface area contributed by atoms with Gasteiger partial charge in [0.15, 0.2) is 0 Å². The van der Waals surface area contributed by atoms with Gasteiger partial charge in [-0.2, -0.15) is 0 Å². The average Bonchev–Trinajstić information content (AvgIpc) is 3.08. The third-order valence-electron chi connectivity index (χ3n) is 6.38. The van der Waals surface area contributed by atoms with Gasteiger partial charge in [-0.05, 0) is 48.2 Å². The number of aliphatic hydroxyl groups is 2. The number of β-lactam (4-membered cyclic amide) rings is 1. The third kappa shape index (κ3) is 2.72. The van der Waals surface area contributed by atoms with Crippen molar-refractivity contribution in [2.75, 3.05) is 0 Å². The number of aliphatic hydroxyl groups excluding tert-OH is 2. The molecule has 0 spiro atoms. The van der Waals surface area contributed by atoms with E-state index in [-0.39, 0.29) is 24.3 Å². The number of nitrogens with zero attached hydrogens (tertiary/aromatic N) is 2. The standard InChI is InChI=1S/C23H20N2O6/c1-11(27)20-19-8-17(21(23(29)30)25(19)22(20)28)13-3-4-14-9-24(31)18-6-12(10-26)2-5-15(18)16(14)7-13/h2-7,9,11,19-20,26-27H,8,10H2,1H3,(H-,29,30,31)/p+1/t11-,19?,20-/m1/s1. The zero-order chi connectivity index (χ0) is 22.0. The van der Waals surface area contributed by atoms with Crippen molar-refractivity contribution in [1.82, 2.24) is 4.90 Å². The topological polar surface area (TPSA) is 122 Å². The number of fused-ring (bicyclic) bond motifs is 4. The molecule has 3 heterocycles. The van der Waals surface area contributed by atoms with E-state index < -0.39 is 18.0 Å². The number of carboxylic acid groups (broad SMARTS) is 1. The first-order valence-corrected chi connectivity index (χ1v) is 10.0. The SMILES string of the molecule is C[C@@H](O)[C@H]1C(=O)N2C(C(=O)O)=C(c3ccc4c[n+](O)c5cc(CO)ccc5c4c3)CC12. The Kier molecular flexibility index (Phi) is 4.25. The predicted molar refractivity (Wildman–Crippen MR) is 110 cm³/mol. The first-order valence-electron chi connectivity index (χ1n) is 10.0. The van der Waals surface area contributed by atoms with Crippen molar-refractivity contribution < 1.29 is 34.8 Å². The first-order chi connectivity index (χ1) is 14.8. The number of benzene rings is 2. The van der Waals surface area contributed by atoms with Crippen LogP contribution in [-0.4, -0.2) is 49.4 Å². The van der Waals surface area contributed by atoms with Crippen LogP contribution in [0, 0.1) is 5.92 Å². The van der Waals surface area contributed by atoms with Gasteiger partial charge in [0, 0.05) is 16.2 Å². The molecule has 31 heavy (non-hydrogen) atoms. The highest BCUT2D eigenvalue weighted by Crippen LogP contribution is 2.47. The predicted octanol–water partition coefficient (Wildman–Crippen LogP) is 1.42. The first kappa shape index (κ1) is 19.5. The third-order valence-corrected chi connectivity index (χ3v) is 6.38. The van der Waals surface area contributed by atoms with E-state index in [0.717, 1.165) is 20.9 Å². The quantitative estimate of drug-likeness (QED) is 0.219. The number of carbonyl (C=O) groups excluding carboxylic acids is 1. The van der Waals surface area contributed by atoms with Crippen LogP contribution >= 0.6 is 0 Å². The number of hydrogen-bond donors (Lipinski definition) is 4. The fourth-order valence-corrected chi connectivity index (χ4v) is 4.91. The van der Waals surface area contributed by atoms with Crippen LogP contribution in [-0.2, 0) is 16.2 Å². The molecular weight excluding hydrogens is 400 g/mol. The van der Waals surface area contributed by atoms with Gasteiger partial charge in [-0.1, -0.05) is 12.1 Å². The molecule has 3 aromatic rings. The van der Waals surface area contributed by atoms with Crippen molar-refractivity contribution in [3.05, 3.63) is 59.4 Å². The van der Waals surface area contributed by atoms with Gasteiger partial charge in [0.1, 0.15) is 5.70 Å². The van der Waals surface area contributed by atoms with Gasteiger partial charge >= 0.3 is 5.97 Å². The fraction of sp³-hybridized carbons (Fsp3) is 0.261. The summed E-state index contributed by atoms with van der Waals surface area (Å²) in [6.07, 6.45) is 1.07. The molecule has 3 atom stereocenters. The van der Waals surface area contributed by atoms with E-state index in [1.54, 1.807) is 43.5 Å². The zero-order valence-electron chi connectivity index (χ0n) is 16.7. The van der Waals surface area contributed by atoms with Crippen LogP contribution in [0.25, 0.3) is 27.2 Å². The Bertz CT molecular complexity index is 1310. The maximum Gasteiger partial charge on any atom is 0.352 e. The van der Waals surface area contributed by atoms with Gasteiger partial charge < -0.3 is 20.2 Å². The molecule has 0 radical (unpaired) electrons. The molecule has 0 saturated carbocycles. The van der Waals surface area contributed by atoms with Crippen LogP contribution in [0.1, 0.15) is 24.5 Å². The van der Waals surface area contributed by atoms with Crippen LogP contribution in [0.3, 0.4) is 0 Å². The summed E-state index contributed by atoms with van der Waals surface area (Å²) in [5.41, 5.74) is 2.37. The second-order valence-electron chi connectivity index (χ2n) is 8.16. The molecule has 8 nitrogen and oxygen atoms in total. The number of carbonyl (C=O) groups is 2. The van der Waals surface area contributed by atoms with Crippen molar-refractivity contribution in [3.63, 3.8) is 0 Å². The second kappa shape index (κ2) is 6.76. The summed E-state index contributed by atoms with van der Waals surface area (Å²) in [6.45, 7) is 1.39. The van der Waals surface area contributed by atoms with Crippen molar-refractivity contribution in [1.29, 1.82) is 0 Å². The number of amides is 1. The Balaban J connectivity index is 1.69. The largest absolute Gasteiger partial charge is 0.477 e. The molecular formula is C23H21N2O6+. The summed E-state index contributed by atoms with van der Waals surface area (Å²) in [4.78, 5) is 25.8. The lowest BCUT2D eigenvalue weighted by atomic mass is 9.82. The molecule has 4 N–H and O–H groups in total. The second-order valence-corrected chi connectivity index (χ2v) is 8.16. The molecule has 5 rings (SSSR count). The molecule has 2 aromatic carbocycles. The number of hydrogen-bond acceptors (Lipinski definition) is 5. The monoisotopic (exact) mass is 421 g/mol. The molecule has 1 fully saturated rings. The van der Waals surface area contributed by atoms with Crippen LogP contribution in [0.5, 0.6) is 0 Å². The zero-order valence-corrected chi connectivity index (χ0v) is 16.7. The van der Waals surface area contributed by atoms with Gasteiger partial charge in [-0.25, -0.2) is 4.79 Å². The maximum atomic E-state index is 12.5. The van der Waals surface area contributed by atoms with Crippen LogP contribution in [0.4, 0.5) is 0 Å². The molecule has 1 amide bonds. The van der Waals surface area contributed by atoms with E-state index in [2.05, 4.69) is 0 Å². The Hall–Kier alpha value is -3.49. The van der Waals surface area contributed by atoms with Crippen LogP contribution in [0.2, 0.25) is 0 Å². The minimum atomic E-state index is -1.17. The summed E-state index contributed by atoms with van der Waals surface area (Å²) < 4.78 is 1.01. The Morgan fingerprint density at radius 3 is 2.68 bits per heavy atom. The number of aromatic nitrogens is 1. The molecule has 8 heteroatoms. The molecule has 1 saturated heterocycles. The van der Waals surface area contributed by atoms with Crippen LogP contribution < -0.4 is 4.73 Å². The minimum absolute atomic E-state index is 0.0359. The van der Waals surface area contributed by atoms with E-state index in [0.29, 0.717) is 28.6 Å². The number of pyridine rings is 1. The molecule has 2 aliphatic rings. The average molecular weight is 421 g/mol. The highest BCUT2D eigenvalue weighted by Gasteiger charge is 2.56. The summed E-state index contributed by atoms with van der Waals surface area (Å²) in [5.74, 6) is -2.14. The Morgan fingerprint density at radius 2 is 2.00 bits per heavy atom. The van der Waals surface area contributed by atoms with Gasteiger partial charge in [-0.15, -0.1) is 0 Å². The van der Waals surface area contributed by atoms with Gasteiger partial charge in [0.05, 0.1) is 35.4 Å². The molecule has 0 aliphatic carbocycles.